The van der Waals surface area contributed by atoms with E-state index in [1.54, 1.807) is 0 Å². The second-order valence-corrected chi connectivity index (χ2v) is 7.18. The van der Waals surface area contributed by atoms with Crippen LogP contribution in [0.25, 0.3) is 0 Å². The highest BCUT2D eigenvalue weighted by Gasteiger charge is 2.33. The number of hydrogen-bond acceptors (Lipinski definition) is 4. The molecule has 6 heteroatoms. The van der Waals surface area contributed by atoms with Crippen molar-refractivity contribution < 1.29 is 14.3 Å². The van der Waals surface area contributed by atoms with E-state index in [1.165, 1.54) is 10.5 Å². The molecule has 1 aromatic rings. The topological polar surface area (TPSA) is 61.9 Å². The van der Waals surface area contributed by atoms with Crippen LogP contribution in [0.4, 0.5) is 4.79 Å². The van der Waals surface area contributed by atoms with E-state index in [9.17, 15) is 9.59 Å². The molecule has 0 atom stereocenters. The summed E-state index contributed by atoms with van der Waals surface area (Å²) in [5.74, 6) is -0.209. The number of benzene rings is 1. The molecule has 6 nitrogen and oxygen atoms in total. The fraction of sp³-hybridized carbons (Fsp3) is 0.368. The van der Waals surface area contributed by atoms with Crippen molar-refractivity contribution in [3.63, 3.8) is 0 Å². The summed E-state index contributed by atoms with van der Waals surface area (Å²) < 4.78 is 5.42. The lowest BCUT2D eigenvalue weighted by atomic mass is 10.1. The van der Waals surface area contributed by atoms with E-state index >= 15 is 0 Å². The zero-order valence-electron chi connectivity index (χ0n) is 14.8. The van der Waals surface area contributed by atoms with E-state index < -0.39 is 11.7 Å². The maximum absolute atomic E-state index is 12.4. The lowest BCUT2D eigenvalue weighted by Gasteiger charge is -2.36. The van der Waals surface area contributed by atoms with E-state index in [4.69, 9.17) is 4.74 Å². The van der Waals surface area contributed by atoms with E-state index in [0.717, 1.165) is 12.2 Å². The third-order valence-corrected chi connectivity index (χ3v) is 3.84. The molecule has 2 heterocycles. The van der Waals surface area contributed by atoms with Crippen molar-refractivity contribution in [1.82, 2.24) is 15.1 Å². The number of rotatable bonds is 2. The van der Waals surface area contributed by atoms with Crippen LogP contribution in [0, 0.1) is 0 Å². The van der Waals surface area contributed by atoms with Gasteiger partial charge in [0.25, 0.3) is 0 Å². The molecule has 132 valence electrons. The quantitative estimate of drug-likeness (QED) is 0.898. The summed E-state index contributed by atoms with van der Waals surface area (Å²) in [6.07, 6.45) is 3.29. The lowest BCUT2D eigenvalue weighted by molar-refractivity contribution is -0.122. The molecule has 0 spiro atoms. The highest BCUT2D eigenvalue weighted by atomic mass is 16.6. The van der Waals surface area contributed by atoms with Gasteiger partial charge in [-0.25, -0.2) is 4.79 Å². The second kappa shape index (κ2) is 6.63. The largest absolute Gasteiger partial charge is 0.443 e. The molecule has 25 heavy (non-hydrogen) atoms. The van der Waals surface area contributed by atoms with Gasteiger partial charge in [-0.2, -0.15) is 0 Å². The van der Waals surface area contributed by atoms with Crippen LogP contribution in [0.3, 0.4) is 0 Å². The maximum atomic E-state index is 12.4. The zero-order valence-corrected chi connectivity index (χ0v) is 14.8. The van der Waals surface area contributed by atoms with E-state index in [1.807, 2.05) is 51.2 Å². The predicted molar refractivity (Wildman–Crippen MR) is 94.1 cm³/mol. The standard InChI is InChI=1S/C19H23N3O3/c1-19(2,3)25-18(24)22-13-17(23)20-15-12-21(10-9-16(15)22)11-14-7-5-4-6-8-14/h4-10H,11-13H2,1-3H3,(H,20,23). The minimum absolute atomic E-state index is 0.0310. The molecule has 1 N–H and O–H groups in total. The summed E-state index contributed by atoms with van der Waals surface area (Å²) in [7, 11) is 0. The Bertz CT molecular complexity index is 732. The van der Waals surface area contributed by atoms with Crippen LogP contribution in [0.15, 0.2) is 54.0 Å². The Balaban J connectivity index is 1.76. The molecule has 0 aromatic heterocycles. The van der Waals surface area contributed by atoms with E-state index in [-0.39, 0.29) is 12.5 Å². The average molecular weight is 341 g/mol. The number of allylic oxidation sites excluding steroid dienone is 1. The smallest absolute Gasteiger partial charge is 0.415 e. The number of ether oxygens (including phenoxy) is 1. The first-order valence-electron chi connectivity index (χ1n) is 8.31. The molecule has 0 bridgehead atoms. The predicted octanol–water partition coefficient (Wildman–Crippen LogP) is 2.59. The molecule has 0 saturated heterocycles. The van der Waals surface area contributed by atoms with Crippen LogP contribution in [0.5, 0.6) is 0 Å². The molecule has 2 aliphatic rings. The summed E-state index contributed by atoms with van der Waals surface area (Å²) in [5, 5.41) is 2.88. The number of hydrogen-bond donors (Lipinski definition) is 1. The van der Waals surface area contributed by atoms with Gasteiger partial charge in [-0.05, 0) is 32.4 Å². The van der Waals surface area contributed by atoms with Gasteiger partial charge in [-0.1, -0.05) is 30.3 Å². The van der Waals surface area contributed by atoms with Crippen molar-refractivity contribution in [2.45, 2.75) is 32.9 Å². The summed E-state index contributed by atoms with van der Waals surface area (Å²) in [6, 6.07) is 10.1. The minimum Gasteiger partial charge on any atom is -0.443 e. The van der Waals surface area contributed by atoms with Crippen molar-refractivity contribution >= 4 is 12.0 Å². The van der Waals surface area contributed by atoms with Crippen molar-refractivity contribution in [2.75, 3.05) is 13.1 Å². The van der Waals surface area contributed by atoms with Crippen LogP contribution >= 0.6 is 0 Å². The Morgan fingerprint density at radius 2 is 1.92 bits per heavy atom. The average Bonchev–Trinajstić information content (AvgIpc) is 2.53. The number of amides is 2. The maximum Gasteiger partial charge on any atom is 0.415 e. The molecular formula is C19H23N3O3. The molecule has 1 aromatic carbocycles. The van der Waals surface area contributed by atoms with Crippen LogP contribution < -0.4 is 5.32 Å². The minimum atomic E-state index is -0.608. The van der Waals surface area contributed by atoms with E-state index in [0.29, 0.717) is 12.2 Å². The number of nitrogens with one attached hydrogen (secondary N) is 1. The Kier molecular flexibility index (Phi) is 4.53. The summed E-state index contributed by atoms with van der Waals surface area (Å²) in [6.45, 7) is 6.66. The van der Waals surface area contributed by atoms with Gasteiger partial charge in [0, 0.05) is 12.7 Å². The van der Waals surface area contributed by atoms with Crippen LogP contribution in [0.2, 0.25) is 0 Å². The summed E-state index contributed by atoms with van der Waals surface area (Å²) in [5.41, 5.74) is 1.99. The number of carbonyl (C=O) groups is 2. The highest BCUT2D eigenvalue weighted by Crippen LogP contribution is 2.24. The zero-order chi connectivity index (χ0) is 18.0. The molecule has 2 aliphatic heterocycles. The first-order chi connectivity index (χ1) is 11.8. The van der Waals surface area contributed by atoms with Crippen molar-refractivity contribution in [3.8, 4) is 0 Å². The fourth-order valence-electron chi connectivity index (χ4n) is 2.81. The lowest BCUT2D eigenvalue weighted by Crippen LogP contribution is -2.50. The second-order valence-electron chi connectivity index (χ2n) is 7.18. The van der Waals surface area contributed by atoms with Crippen LogP contribution in [0.1, 0.15) is 26.3 Å². The van der Waals surface area contributed by atoms with E-state index in [2.05, 4.69) is 22.3 Å². The molecule has 3 rings (SSSR count). The van der Waals surface area contributed by atoms with Crippen molar-refractivity contribution in [1.29, 1.82) is 0 Å². The van der Waals surface area contributed by atoms with Gasteiger partial charge in [-0.15, -0.1) is 0 Å². The van der Waals surface area contributed by atoms with Gasteiger partial charge in [0.05, 0.1) is 17.9 Å². The van der Waals surface area contributed by atoms with Gasteiger partial charge >= 0.3 is 6.09 Å². The molecule has 0 saturated carbocycles. The first-order valence-corrected chi connectivity index (χ1v) is 8.31. The van der Waals surface area contributed by atoms with Gasteiger partial charge in [0.15, 0.2) is 0 Å². The number of carbonyl (C=O) groups excluding carboxylic acids is 2. The van der Waals surface area contributed by atoms with Gasteiger partial charge in [0.2, 0.25) is 5.91 Å². The fourth-order valence-corrected chi connectivity index (χ4v) is 2.81. The van der Waals surface area contributed by atoms with Gasteiger partial charge in [-0.3, -0.25) is 9.69 Å². The van der Waals surface area contributed by atoms with Crippen molar-refractivity contribution in [2.24, 2.45) is 0 Å². The molecule has 0 unspecified atom stereocenters. The molecule has 0 aliphatic carbocycles. The Morgan fingerprint density at radius 3 is 2.60 bits per heavy atom. The normalized spacial score (nSPS) is 17.3. The molecular weight excluding hydrogens is 318 g/mol. The summed E-state index contributed by atoms with van der Waals surface area (Å²) in [4.78, 5) is 27.9. The molecule has 0 radical (unpaired) electrons. The number of nitrogens with zero attached hydrogens (tertiary/aromatic N) is 2. The van der Waals surface area contributed by atoms with Gasteiger partial charge < -0.3 is 15.0 Å². The molecule has 0 fully saturated rings. The third kappa shape index (κ3) is 4.21. The monoisotopic (exact) mass is 341 g/mol. The highest BCUT2D eigenvalue weighted by molar-refractivity contribution is 5.87. The first kappa shape index (κ1) is 17.1. The SMILES string of the molecule is CC(C)(C)OC(=O)N1CC(=O)NC2=C1C=CN(Cc1ccccc1)C2. The summed E-state index contributed by atoms with van der Waals surface area (Å²) >= 11 is 0. The molecule has 2 amide bonds. The van der Waals surface area contributed by atoms with Gasteiger partial charge in [0.1, 0.15) is 12.1 Å². The Morgan fingerprint density at radius 1 is 1.20 bits per heavy atom. The Labute approximate surface area is 147 Å². The Hall–Kier alpha value is -2.76. The third-order valence-electron chi connectivity index (χ3n) is 3.84. The van der Waals surface area contributed by atoms with Crippen LogP contribution in [-0.2, 0) is 16.1 Å². The van der Waals surface area contributed by atoms with Crippen molar-refractivity contribution in [3.05, 3.63) is 59.6 Å². The van der Waals surface area contributed by atoms with Crippen LogP contribution in [-0.4, -0.2) is 40.5 Å².